The van der Waals surface area contributed by atoms with Crippen molar-refractivity contribution in [3.63, 3.8) is 0 Å². The maximum atomic E-state index is 11.1. The Morgan fingerprint density at radius 3 is 2.94 bits per heavy atom. The second-order valence-electron chi connectivity index (χ2n) is 3.59. The first-order valence-electron chi connectivity index (χ1n) is 5.13. The Morgan fingerprint density at radius 2 is 2.29 bits per heavy atom. The fraction of sp³-hybridized carbons (Fsp3) is 0.250. The second kappa shape index (κ2) is 5.05. The van der Waals surface area contributed by atoms with Crippen LogP contribution in [0, 0.1) is 6.92 Å². The van der Waals surface area contributed by atoms with E-state index in [0.717, 1.165) is 22.0 Å². The molecule has 2 heterocycles. The third-order valence-corrected chi connectivity index (χ3v) is 3.20. The molecule has 17 heavy (non-hydrogen) atoms. The zero-order valence-corrected chi connectivity index (χ0v) is 10.5. The minimum atomic E-state index is -0.274. The number of esters is 1. The summed E-state index contributed by atoms with van der Waals surface area (Å²) in [6.07, 6.45) is 2.00. The molecule has 0 aliphatic heterocycles. The molecule has 88 valence electrons. The Balaban J connectivity index is 2.18. The molecule has 0 aliphatic carbocycles. The van der Waals surface area contributed by atoms with Crippen molar-refractivity contribution in [2.75, 3.05) is 7.11 Å². The van der Waals surface area contributed by atoms with Crippen LogP contribution in [0.3, 0.4) is 0 Å². The van der Waals surface area contributed by atoms with Crippen LogP contribution >= 0.6 is 11.3 Å². The van der Waals surface area contributed by atoms with E-state index in [0.29, 0.717) is 0 Å². The average Bonchev–Trinajstić information content (AvgIpc) is 2.78. The number of carbonyl (C=O) groups excluding carboxylic acids is 1. The first kappa shape index (κ1) is 11.7. The van der Waals surface area contributed by atoms with E-state index >= 15 is 0 Å². The molecule has 5 heteroatoms. The van der Waals surface area contributed by atoms with Crippen molar-refractivity contribution in [1.82, 2.24) is 9.97 Å². The Morgan fingerprint density at radius 1 is 1.47 bits per heavy atom. The highest BCUT2D eigenvalue weighted by molar-refractivity contribution is 7.13. The number of hydrogen-bond donors (Lipinski definition) is 0. The van der Waals surface area contributed by atoms with Crippen LogP contribution in [0.2, 0.25) is 0 Å². The molecule has 0 aliphatic rings. The Kier molecular flexibility index (Phi) is 3.49. The molecule has 0 bridgehead atoms. The number of aromatic nitrogens is 2. The van der Waals surface area contributed by atoms with Crippen molar-refractivity contribution in [2.24, 2.45) is 0 Å². The smallest absolute Gasteiger partial charge is 0.311 e. The van der Waals surface area contributed by atoms with Crippen molar-refractivity contribution >= 4 is 17.3 Å². The minimum Gasteiger partial charge on any atom is -0.469 e. The molecular formula is C12H12N2O2S. The van der Waals surface area contributed by atoms with Gasteiger partial charge in [-0.1, -0.05) is 0 Å². The van der Waals surface area contributed by atoms with Gasteiger partial charge >= 0.3 is 5.97 Å². The van der Waals surface area contributed by atoms with E-state index in [2.05, 4.69) is 14.7 Å². The van der Waals surface area contributed by atoms with Crippen molar-refractivity contribution in [3.05, 3.63) is 35.1 Å². The lowest BCUT2D eigenvalue weighted by Crippen LogP contribution is -2.04. The third-order valence-electron chi connectivity index (χ3n) is 2.26. The van der Waals surface area contributed by atoms with Gasteiger partial charge in [-0.15, -0.1) is 11.3 Å². The van der Waals surface area contributed by atoms with Gasteiger partial charge < -0.3 is 4.74 Å². The minimum absolute atomic E-state index is 0.215. The zero-order chi connectivity index (χ0) is 12.3. The first-order chi connectivity index (χ1) is 8.19. The maximum Gasteiger partial charge on any atom is 0.311 e. The van der Waals surface area contributed by atoms with Crippen LogP contribution in [0.1, 0.15) is 11.4 Å². The van der Waals surface area contributed by atoms with E-state index in [1.54, 1.807) is 6.20 Å². The summed E-state index contributed by atoms with van der Waals surface area (Å²) in [7, 11) is 1.37. The topological polar surface area (TPSA) is 52.1 Å². The van der Waals surface area contributed by atoms with Crippen LogP contribution in [0.25, 0.3) is 10.6 Å². The fourth-order valence-electron chi connectivity index (χ4n) is 1.34. The number of carbonyl (C=O) groups is 1. The number of methoxy groups -OCH3 is 1. The van der Waals surface area contributed by atoms with Gasteiger partial charge in [-0.2, -0.15) is 0 Å². The standard InChI is InChI=1S/C12H12N2O2S/c1-8-3-4-9(6-13-8)12-14-10(7-17-12)5-11(15)16-2/h3-4,6-7H,5H2,1-2H3. The van der Waals surface area contributed by atoms with Crippen molar-refractivity contribution in [1.29, 1.82) is 0 Å². The van der Waals surface area contributed by atoms with Gasteiger partial charge in [0.1, 0.15) is 5.01 Å². The Hall–Kier alpha value is -1.75. The molecule has 0 radical (unpaired) electrons. The van der Waals surface area contributed by atoms with Gasteiger partial charge in [0.05, 0.1) is 19.2 Å². The summed E-state index contributed by atoms with van der Waals surface area (Å²) in [5.41, 5.74) is 2.68. The van der Waals surface area contributed by atoms with Crippen molar-refractivity contribution in [2.45, 2.75) is 13.3 Å². The normalized spacial score (nSPS) is 10.2. The lowest BCUT2D eigenvalue weighted by molar-refractivity contribution is -0.139. The maximum absolute atomic E-state index is 11.1. The number of hydrogen-bond acceptors (Lipinski definition) is 5. The molecule has 2 rings (SSSR count). The van der Waals surface area contributed by atoms with Gasteiger partial charge in [-0.3, -0.25) is 9.78 Å². The molecule has 0 unspecified atom stereocenters. The van der Waals surface area contributed by atoms with Crippen LogP contribution in [-0.2, 0) is 16.0 Å². The summed E-state index contributed by atoms with van der Waals surface area (Å²) < 4.78 is 4.60. The van der Waals surface area contributed by atoms with Crippen molar-refractivity contribution < 1.29 is 9.53 Å². The van der Waals surface area contributed by atoms with Gasteiger partial charge in [0.2, 0.25) is 0 Å². The number of pyridine rings is 1. The largest absolute Gasteiger partial charge is 0.469 e. The summed E-state index contributed by atoms with van der Waals surface area (Å²) >= 11 is 1.50. The number of ether oxygens (including phenoxy) is 1. The monoisotopic (exact) mass is 248 g/mol. The van der Waals surface area contributed by atoms with Gasteiger partial charge in [0.15, 0.2) is 0 Å². The lowest BCUT2D eigenvalue weighted by atomic mass is 10.2. The number of aryl methyl sites for hydroxylation is 1. The van der Waals surface area contributed by atoms with Gasteiger partial charge in [-0.25, -0.2) is 4.98 Å². The van der Waals surface area contributed by atoms with E-state index in [9.17, 15) is 4.79 Å². The second-order valence-corrected chi connectivity index (χ2v) is 4.44. The summed E-state index contributed by atoms with van der Waals surface area (Å²) in [6.45, 7) is 1.94. The predicted octanol–water partition coefficient (Wildman–Crippen LogP) is 2.23. The molecule has 0 aromatic carbocycles. The molecule has 0 saturated carbocycles. The summed E-state index contributed by atoms with van der Waals surface area (Å²) in [5, 5.41) is 2.74. The van der Waals surface area contributed by atoms with Crippen LogP contribution in [0.5, 0.6) is 0 Å². The summed E-state index contributed by atoms with van der Waals surface area (Å²) in [4.78, 5) is 19.7. The SMILES string of the molecule is COC(=O)Cc1csc(-c2ccc(C)nc2)n1. The van der Waals surface area contributed by atoms with Crippen LogP contribution in [-0.4, -0.2) is 23.0 Å². The number of rotatable bonds is 3. The van der Waals surface area contributed by atoms with E-state index in [4.69, 9.17) is 0 Å². The molecule has 0 fully saturated rings. The number of thiazole rings is 1. The van der Waals surface area contributed by atoms with Crippen molar-refractivity contribution in [3.8, 4) is 10.6 Å². The van der Waals surface area contributed by atoms with E-state index in [1.807, 2.05) is 24.4 Å². The molecule has 0 spiro atoms. The molecular weight excluding hydrogens is 236 g/mol. The fourth-order valence-corrected chi connectivity index (χ4v) is 2.15. The van der Waals surface area contributed by atoms with E-state index in [-0.39, 0.29) is 12.4 Å². The summed E-state index contributed by atoms with van der Waals surface area (Å²) in [5.74, 6) is -0.274. The summed E-state index contributed by atoms with van der Waals surface area (Å²) in [6, 6.07) is 3.92. The quantitative estimate of drug-likeness (QED) is 0.782. The Bertz CT molecular complexity index is 520. The third kappa shape index (κ3) is 2.88. The lowest BCUT2D eigenvalue weighted by Gasteiger charge is -1.96. The molecule has 4 nitrogen and oxygen atoms in total. The van der Waals surface area contributed by atoms with E-state index in [1.165, 1.54) is 18.4 Å². The van der Waals surface area contributed by atoms with Crippen LogP contribution in [0.4, 0.5) is 0 Å². The first-order valence-corrected chi connectivity index (χ1v) is 6.01. The predicted molar refractivity (Wildman–Crippen MR) is 65.8 cm³/mol. The van der Waals surface area contributed by atoms with Gasteiger partial charge in [0, 0.05) is 22.8 Å². The highest BCUT2D eigenvalue weighted by Crippen LogP contribution is 2.23. The molecule has 0 N–H and O–H groups in total. The van der Waals surface area contributed by atoms with Crippen LogP contribution < -0.4 is 0 Å². The molecule has 0 amide bonds. The average molecular weight is 248 g/mol. The van der Waals surface area contributed by atoms with Gasteiger partial charge in [-0.05, 0) is 19.1 Å². The molecule has 0 saturated heterocycles. The highest BCUT2D eigenvalue weighted by atomic mass is 32.1. The number of nitrogens with zero attached hydrogens (tertiary/aromatic N) is 2. The molecule has 2 aromatic rings. The zero-order valence-electron chi connectivity index (χ0n) is 9.64. The van der Waals surface area contributed by atoms with Crippen LogP contribution in [0.15, 0.2) is 23.7 Å². The Labute approximate surface area is 103 Å². The van der Waals surface area contributed by atoms with E-state index < -0.39 is 0 Å². The molecule has 2 aromatic heterocycles. The molecule has 0 atom stereocenters. The van der Waals surface area contributed by atoms with Gasteiger partial charge in [0.25, 0.3) is 0 Å². The highest BCUT2D eigenvalue weighted by Gasteiger charge is 2.08.